The van der Waals surface area contributed by atoms with E-state index < -0.39 is 5.97 Å². The van der Waals surface area contributed by atoms with Crippen molar-refractivity contribution in [3.8, 4) is 22.3 Å². The second-order valence-electron chi connectivity index (χ2n) is 6.92. The molecule has 4 aromatic rings. The molecule has 0 spiro atoms. The Kier molecular flexibility index (Phi) is 8.25. The van der Waals surface area contributed by atoms with Gasteiger partial charge in [0, 0.05) is 21.2 Å². The van der Waals surface area contributed by atoms with Gasteiger partial charge in [-0.05, 0) is 35.4 Å². The Labute approximate surface area is 202 Å². The van der Waals surface area contributed by atoms with Gasteiger partial charge in [-0.25, -0.2) is 9.59 Å². The van der Waals surface area contributed by atoms with Crippen LogP contribution in [0.3, 0.4) is 0 Å². The van der Waals surface area contributed by atoms with Crippen LogP contribution in [0, 0.1) is 0 Å². The summed E-state index contributed by atoms with van der Waals surface area (Å²) in [5, 5.41) is 9.80. The average molecular weight is 479 g/mol. The summed E-state index contributed by atoms with van der Waals surface area (Å²) in [6.45, 7) is 0. The van der Waals surface area contributed by atoms with E-state index in [4.69, 9.17) is 28.3 Å². The number of aromatic carboxylic acids is 1. The van der Waals surface area contributed by atoms with E-state index in [0.717, 1.165) is 22.3 Å². The predicted octanol–water partition coefficient (Wildman–Crippen LogP) is 7.50. The first kappa shape index (κ1) is 24.1. The number of halogens is 2. The molecule has 0 heterocycles. The number of ether oxygens (including phenoxy) is 1. The summed E-state index contributed by atoms with van der Waals surface area (Å²) in [4.78, 5) is 22.1. The first-order valence-electron chi connectivity index (χ1n) is 9.92. The van der Waals surface area contributed by atoms with Crippen molar-refractivity contribution in [1.29, 1.82) is 0 Å². The summed E-state index contributed by atoms with van der Waals surface area (Å²) in [5.41, 5.74) is 4.40. The lowest BCUT2D eigenvalue weighted by Gasteiger charge is -2.06. The normalized spacial score (nSPS) is 10.0. The van der Waals surface area contributed by atoms with Gasteiger partial charge in [-0.15, -0.1) is 0 Å². The minimum absolute atomic E-state index is 0.199. The van der Waals surface area contributed by atoms with Crippen LogP contribution in [0.1, 0.15) is 20.7 Å². The van der Waals surface area contributed by atoms with Crippen LogP contribution in [-0.2, 0) is 4.74 Å². The molecule has 0 aliphatic carbocycles. The molecule has 0 unspecified atom stereocenters. The SMILES string of the molecule is COC(=O)c1ccc(-c2ccccc2)c(Cl)c1.O=C(O)c1ccc(-c2ccccc2)c(Cl)c1. The molecule has 166 valence electrons. The second-order valence-corrected chi connectivity index (χ2v) is 7.73. The quantitative estimate of drug-likeness (QED) is 0.308. The van der Waals surface area contributed by atoms with Crippen molar-refractivity contribution < 1.29 is 19.4 Å². The van der Waals surface area contributed by atoms with E-state index in [1.807, 2.05) is 66.7 Å². The van der Waals surface area contributed by atoms with Gasteiger partial charge in [-0.2, -0.15) is 0 Å². The lowest BCUT2D eigenvalue weighted by molar-refractivity contribution is 0.0600. The molecule has 0 fully saturated rings. The molecule has 4 aromatic carbocycles. The number of methoxy groups -OCH3 is 1. The van der Waals surface area contributed by atoms with Gasteiger partial charge in [0.15, 0.2) is 0 Å². The monoisotopic (exact) mass is 478 g/mol. The van der Waals surface area contributed by atoms with Crippen LogP contribution in [0.15, 0.2) is 97.1 Å². The number of esters is 1. The highest BCUT2D eigenvalue weighted by Crippen LogP contribution is 2.29. The van der Waals surface area contributed by atoms with Gasteiger partial charge < -0.3 is 9.84 Å². The third-order valence-corrected chi connectivity index (χ3v) is 5.40. The van der Waals surface area contributed by atoms with E-state index in [0.29, 0.717) is 15.6 Å². The molecule has 33 heavy (non-hydrogen) atoms. The maximum atomic E-state index is 11.3. The first-order chi connectivity index (χ1) is 15.9. The fourth-order valence-electron chi connectivity index (χ4n) is 3.11. The van der Waals surface area contributed by atoms with Crippen LogP contribution in [0.4, 0.5) is 0 Å². The predicted molar refractivity (Wildman–Crippen MR) is 132 cm³/mol. The number of carboxylic acid groups (broad SMARTS) is 1. The lowest BCUT2D eigenvalue weighted by Crippen LogP contribution is -2.00. The van der Waals surface area contributed by atoms with E-state index in [9.17, 15) is 9.59 Å². The number of carboxylic acids is 1. The Bertz CT molecular complexity index is 1260. The van der Waals surface area contributed by atoms with Crippen molar-refractivity contribution >= 4 is 35.1 Å². The third-order valence-electron chi connectivity index (χ3n) is 4.78. The molecule has 0 saturated heterocycles. The molecule has 4 rings (SSSR count). The molecule has 0 bridgehead atoms. The molecular weight excluding hydrogens is 459 g/mol. The Morgan fingerprint density at radius 2 is 1.09 bits per heavy atom. The van der Waals surface area contributed by atoms with Crippen LogP contribution in [0.2, 0.25) is 10.0 Å². The molecule has 1 N–H and O–H groups in total. The van der Waals surface area contributed by atoms with E-state index in [-0.39, 0.29) is 11.5 Å². The summed E-state index contributed by atoms with van der Waals surface area (Å²) in [6, 6.07) is 29.3. The summed E-state index contributed by atoms with van der Waals surface area (Å²) < 4.78 is 4.64. The van der Waals surface area contributed by atoms with Crippen LogP contribution in [0.25, 0.3) is 22.3 Å². The molecule has 0 radical (unpaired) electrons. The number of benzene rings is 4. The van der Waals surface area contributed by atoms with Gasteiger partial charge in [0.25, 0.3) is 0 Å². The molecule has 0 aliphatic heterocycles. The summed E-state index contributed by atoms with van der Waals surface area (Å²) in [6.07, 6.45) is 0. The zero-order valence-electron chi connectivity index (χ0n) is 17.7. The van der Waals surface area contributed by atoms with Crippen LogP contribution in [0.5, 0.6) is 0 Å². The molecule has 0 aromatic heterocycles. The minimum Gasteiger partial charge on any atom is -0.478 e. The third kappa shape index (κ3) is 6.22. The van der Waals surface area contributed by atoms with Crippen molar-refractivity contribution in [1.82, 2.24) is 0 Å². The average Bonchev–Trinajstić information content (AvgIpc) is 2.85. The molecule has 0 atom stereocenters. The standard InChI is InChI=1S/C14H11ClO2.C13H9ClO2/c1-17-14(16)11-7-8-12(13(15)9-11)10-5-3-2-4-6-10;14-12-8-10(13(15)16)6-7-11(12)9-4-2-1-3-5-9/h2-9H,1H3;1-8H,(H,15,16). The van der Waals surface area contributed by atoms with Crippen LogP contribution < -0.4 is 0 Å². The van der Waals surface area contributed by atoms with E-state index >= 15 is 0 Å². The maximum Gasteiger partial charge on any atom is 0.337 e. The molecule has 0 saturated carbocycles. The van der Waals surface area contributed by atoms with Crippen molar-refractivity contribution in [2.45, 2.75) is 0 Å². The van der Waals surface area contributed by atoms with Crippen molar-refractivity contribution in [3.05, 3.63) is 118 Å². The molecule has 6 heteroatoms. The van der Waals surface area contributed by atoms with Gasteiger partial charge >= 0.3 is 11.9 Å². The van der Waals surface area contributed by atoms with Gasteiger partial charge in [0.05, 0.1) is 18.2 Å². The molecule has 0 aliphatic rings. The molecule has 0 amide bonds. The number of carbonyl (C=O) groups excluding carboxylic acids is 1. The summed E-state index contributed by atoms with van der Waals surface area (Å²) in [5.74, 6) is -1.35. The fourth-order valence-corrected chi connectivity index (χ4v) is 3.69. The number of hydrogen-bond acceptors (Lipinski definition) is 3. The number of rotatable bonds is 4. The summed E-state index contributed by atoms with van der Waals surface area (Å²) in [7, 11) is 1.35. The largest absolute Gasteiger partial charge is 0.478 e. The number of carbonyl (C=O) groups is 2. The van der Waals surface area contributed by atoms with Crippen LogP contribution >= 0.6 is 23.2 Å². The second kappa shape index (κ2) is 11.3. The van der Waals surface area contributed by atoms with Gasteiger partial charge in [0.1, 0.15) is 0 Å². The Morgan fingerprint density at radius 3 is 1.48 bits per heavy atom. The zero-order chi connectivity index (χ0) is 23.8. The van der Waals surface area contributed by atoms with Gasteiger partial charge in [-0.3, -0.25) is 0 Å². The van der Waals surface area contributed by atoms with E-state index in [2.05, 4.69) is 4.74 Å². The Hall–Kier alpha value is -3.60. The van der Waals surface area contributed by atoms with Gasteiger partial charge in [0.2, 0.25) is 0 Å². The summed E-state index contributed by atoms with van der Waals surface area (Å²) >= 11 is 12.2. The van der Waals surface area contributed by atoms with Crippen molar-refractivity contribution in [2.24, 2.45) is 0 Å². The van der Waals surface area contributed by atoms with Crippen LogP contribution in [-0.4, -0.2) is 24.2 Å². The first-order valence-corrected chi connectivity index (χ1v) is 10.7. The molecule has 4 nitrogen and oxygen atoms in total. The highest BCUT2D eigenvalue weighted by molar-refractivity contribution is 6.34. The van der Waals surface area contributed by atoms with E-state index in [1.54, 1.807) is 24.3 Å². The topological polar surface area (TPSA) is 63.6 Å². The van der Waals surface area contributed by atoms with E-state index in [1.165, 1.54) is 13.2 Å². The Morgan fingerprint density at radius 1 is 0.667 bits per heavy atom. The highest BCUT2D eigenvalue weighted by atomic mass is 35.5. The zero-order valence-corrected chi connectivity index (χ0v) is 19.2. The molecular formula is C27H20Cl2O4. The number of hydrogen-bond donors (Lipinski definition) is 1. The smallest absolute Gasteiger partial charge is 0.337 e. The fraction of sp³-hybridized carbons (Fsp3) is 0.0370. The van der Waals surface area contributed by atoms with Crippen molar-refractivity contribution in [3.63, 3.8) is 0 Å². The minimum atomic E-state index is -0.971. The maximum absolute atomic E-state index is 11.3. The lowest BCUT2D eigenvalue weighted by atomic mass is 10.0. The van der Waals surface area contributed by atoms with Crippen molar-refractivity contribution in [2.75, 3.05) is 7.11 Å². The highest BCUT2D eigenvalue weighted by Gasteiger charge is 2.10. The Balaban J connectivity index is 0.000000186. The van der Waals surface area contributed by atoms with Gasteiger partial charge in [-0.1, -0.05) is 96.0 Å².